The molecule has 1 amide bonds. The van der Waals surface area contributed by atoms with Crippen molar-refractivity contribution >= 4 is 11.6 Å². The highest BCUT2D eigenvalue weighted by molar-refractivity contribution is 6.05. The van der Waals surface area contributed by atoms with Crippen molar-refractivity contribution in [2.45, 2.75) is 26.6 Å². The van der Waals surface area contributed by atoms with E-state index in [4.69, 9.17) is 14.2 Å². The van der Waals surface area contributed by atoms with Gasteiger partial charge in [-0.3, -0.25) is 4.79 Å². The zero-order valence-corrected chi connectivity index (χ0v) is 14.5. The van der Waals surface area contributed by atoms with Gasteiger partial charge < -0.3 is 19.5 Å². The van der Waals surface area contributed by atoms with E-state index in [1.807, 2.05) is 26.0 Å². The molecule has 24 heavy (non-hydrogen) atoms. The van der Waals surface area contributed by atoms with Crippen LogP contribution in [0.1, 0.15) is 29.8 Å². The first-order valence-electron chi connectivity index (χ1n) is 7.78. The lowest BCUT2D eigenvalue weighted by atomic mass is 10.1. The summed E-state index contributed by atoms with van der Waals surface area (Å²) in [4.78, 5) is 12.5. The van der Waals surface area contributed by atoms with Gasteiger partial charge in [0.2, 0.25) is 0 Å². The number of ether oxygens (including phenoxy) is 3. The van der Waals surface area contributed by atoms with Crippen LogP contribution in [0.4, 0.5) is 5.69 Å². The van der Waals surface area contributed by atoms with E-state index in [0.29, 0.717) is 29.4 Å². The molecule has 0 aliphatic carbocycles. The lowest BCUT2D eigenvalue weighted by Gasteiger charge is -2.14. The van der Waals surface area contributed by atoms with Crippen LogP contribution in [-0.2, 0) is 11.3 Å². The minimum absolute atomic E-state index is 0.0979. The van der Waals surface area contributed by atoms with Crippen molar-refractivity contribution in [1.82, 2.24) is 0 Å². The number of benzene rings is 2. The number of carbonyl (C=O) groups excluding carboxylic acids is 1. The van der Waals surface area contributed by atoms with Crippen LogP contribution in [0.3, 0.4) is 0 Å². The molecule has 0 saturated heterocycles. The van der Waals surface area contributed by atoms with Gasteiger partial charge in [0.25, 0.3) is 5.91 Å². The third-order valence-corrected chi connectivity index (χ3v) is 3.47. The zero-order chi connectivity index (χ0) is 17.5. The van der Waals surface area contributed by atoms with Crippen LogP contribution >= 0.6 is 0 Å². The fourth-order valence-electron chi connectivity index (χ4n) is 2.23. The number of hydrogen-bond acceptors (Lipinski definition) is 4. The number of methoxy groups -OCH3 is 2. The monoisotopic (exact) mass is 329 g/mol. The van der Waals surface area contributed by atoms with Crippen LogP contribution in [-0.4, -0.2) is 26.2 Å². The Morgan fingerprint density at radius 1 is 1.04 bits per heavy atom. The molecule has 2 aromatic carbocycles. The van der Waals surface area contributed by atoms with Gasteiger partial charge in [-0.15, -0.1) is 0 Å². The van der Waals surface area contributed by atoms with Crippen LogP contribution in [0.2, 0.25) is 0 Å². The quantitative estimate of drug-likeness (QED) is 0.837. The summed E-state index contributed by atoms with van der Waals surface area (Å²) < 4.78 is 16.2. The first kappa shape index (κ1) is 17.8. The van der Waals surface area contributed by atoms with Gasteiger partial charge in [0, 0.05) is 11.1 Å². The smallest absolute Gasteiger partial charge is 0.255 e. The summed E-state index contributed by atoms with van der Waals surface area (Å²) in [5.74, 6) is 1.10. The molecule has 0 aliphatic rings. The molecule has 2 aromatic rings. The minimum Gasteiger partial charge on any atom is -0.496 e. The molecular weight excluding hydrogens is 306 g/mol. The zero-order valence-electron chi connectivity index (χ0n) is 14.5. The highest BCUT2D eigenvalue weighted by Crippen LogP contribution is 2.25. The molecule has 128 valence electrons. The van der Waals surface area contributed by atoms with Gasteiger partial charge in [-0.25, -0.2) is 0 Å². The van der Waals surface area contributed by atoms with Crippen molar-refractivity contribution < 1.29 is 19.0 Å². The number of amides is 1. The Bertz CT molecular complexity index is 698. The molecule has 0 fully saturated rings. The summed E-state index contributed by atoms with van der Waals surface area (Å²) in [6.07, 6.45) is 0.0979. The topological polar surface area (TPSA) is 56.8 Å². The molecule has 0 unspecified atom stereocenters. The maximum atomic E-state index is 12.5. The summed E-state index contributed by atoms with van der Waals surface area (Å²) in [5, 5.41) is 2.86. The number of hydrogen-bond donors (Lipinski definition) is 1. The van der Waals surface area contributed by atoms with Crippen LogP contribution in [0.25, 0.3) is 0 Å². The second kappa shape index (κ2) is 8.36. The molecule has 0 aliphatic heterocycles. The third-order valence-electron chi connectivity index (χ3n) is 3.47. The standard InChI is InChI=1S/C19H23NO4/c1-13(2)24-12-15-11-14(9-10-17(15)22-3)19(21)20-16-7-5-6-8-18(16)23-4/h5-11,13H,12H2,1-4H3,(H,20,21). The Labute approximate surface area is 142 Å². The highest BCUT2D eigenvalue weighted by atomic mass is 16.5. The molecule has 1 N–H and O–H groups in total. The van der Waals surface area contributed by atoms with Crippen molar-refractivity contribution in [1.29, 1.82) is 0 Å². The van der Waals surface area contributed by atoms with Gasteiger partial charge in [-0.05, 0) is 44.2 Å². The van der Waals surface area contributed by atoms with Crippen LogP contribution in [0.5, 0.6) is 11.5 Å². The molecular formula is C19H23NO4. The van der Waals surface area contributed by atoms with E-state index in [-0.39, 0.29) is 12.0 Å². The van der Waals surface area contributed by atoms with Crippen LogP contribution in [0, 0.1) is 0 Å². The van der Waals surface area contributed by atoms with E-state index in [1.165, 1.54) is 0 Å². The Kier molecular flexibility index (Phi) is 6.21. The lowest BCUT2D eigenvalue weighted by Crippen LogP contribution is -2.13. The predicted octanol–water partition coefficient (Wildman–Crippen LogP) is 3.88. The Morgan fingerprint density at radius 2 is 1.75 bits per heavy atom. The molecule has 0 radical (unpaired) electrons. The van der Waals surface area contributed by atoms with Gasteiger partial charge in [0.1, 0.15) is 11.5 Å². The number of rotatable bonds is 7. The maximum Gasteiger partial charge on any atom is 0.255 e. The minimum atomic E-state index is -0.215. The van der Waals surface area contributed by atoms with Crippen LogP contribution < -0.4 is 14.8 Å². The van der Waals surface area contributed by atoms with Gasteiger partial charge in [-0.1, -0.05) is 12.1 Å². The molecule has 5 heteroatoms. The lowest BCUT2D eigenvalue weighted by molar-refractivity contribution is 0.0644. The Hall–Kier alpha value is -2.53. The van der Waals surface area contributed by atoms with E-state index >= 15 is 0 Å². The van der Waals surface area contributed by atoms with E-state index in [0.717, 1.165) is 5.56 Å². The summed E-state index contributed by atoms with van der Waals surface area (Å²) >= 11 is 0. The van der Waals surface area contributed by atoms with Gasteiger partial charge in [-0.2, -0.15) is 0 Å². The van der Waals surface area contributed by atoms with Crippen molar-refractivity contribution in [2.75, 3.05) is 19.5 Å². The normalized spacial score (nSPS) is 10.5. The molecule has 2 rings (SSSR count). The fourth-order valence-corrected chi connectivity index (χ4v) is 2.23. The average molecular weight is 329 g/mol. The molecule has 0 spiro atoms. The number of nitrogens with one attached hydrogen (secondary N) is 1. The second-order valence-electron chi connectivity index (χ2n) is 5.54. The fraction of sp³-hybridized carbons (Fsp3) is 0.316. The summed E-state index contributed by atoms with van der Waals surface area (Å²) in [7, 11) is 3.17. The van der Waals surface area contributed by atoms with E-state index in [2.05, 4.69) is 5.32 Å². The van der Waals surface area contributed by atoms with Crippen molar-refractivity contribution in [3.05, 3.63) is 53.6 Å². The molecule has 5 nitrogen and oxygen atoms in total. The second-order valence-corrected chi connectivity index (χ2v) is 5.54. The SMILES string of the molecule is COc1ccc(C(=O)Nc2ccccc2OC)cc1COC(C)C. The number of carbonyl (C=O) groups is 1. The number of para-hydroxylation sites is 2. The molecule has 0 heterocycles. The predicted molar refractivity (Wildman–Crippen MR) is 93.9 cm³/mol. The van der Waals surface area contributed by atoms with E-state index in [1.54, 1.807) is 44.6 Å². The van der Waals surface area contributed by atoms with Gasteiger partial charge in [0.05, 0.1) is 32.6 Å². The summed E-state index contributed by atoms with van der Waals surface area (Å²) in [6.45, 7) is 4.31. The third kappa shape index (κ3) is 4.49. The van der Waals surface area contributed by atoms with Crippen molar-refractivity contribution in [3.63, 3.8) is 0 Å². The van der Waals surface area contributed by atoms with Crippen molar-refractivity contribution in [2.24, 2.45) is 0 Å². The Balaban J connectivity index is 2.21. The summed E-state index contributed by atoms with van der Waals surface area (Å²) in [6, 6.07) is 12.6. The van der Waals surface area contributed by atoms with E-state index in [9.17, 15) is 4.79 Å². The molecule has 0 aromatic heterocycles. The largest absolute Gasteiger partial charge is 0.496 e. The Morgan fingerprint density at radius 3 is 2.42 bits per heavy atom. The van der Waals surface area contributed by atoms with E-state index < -0.39 is 0 Å². The van der Waals surface area contributed by atoms with Crippen molar-refractivity contribution in [3.8, 4) is 11.5 Å². The molecule has 0 bridgehead atoms. The maximum absolute atomic E-state index is 12.5. The van der Waals surface area contributed by atoms with Gasteiger partial charge >= 0.3 is 0 Å². The summed E-state index contributed by atoms with van der Waals surface area (Å²) in [5.41, 5.74) is 1.99. The highest BCUT2D eigenvalue weighted by Gasteiger charge is 2.13. The average Bonchev–Trinajstić information content (AvgIpc) is 2.60. The number of anilines is 1. The van der Waals surface area contributed by atoms with Gasteiger partial charge in [0.15, 0.2) is 0 Å². The molecule has 0 atom stereocenters. The first-order valence-corrected chi connectivity index (χ1v) is 7.78. The van der Waals surface area contributed by atoms with Crippen LogP contribution in [0.15, 0.2) is 42.5 Å². The first-order chi connectivity index (χ1) is 11.5. The molecule has 0 saturated carbocycles.